The molecule has 0 saturated carbocycles. The molecule has 0 aliphatic rings. The highest BCUT2D eigenvalue weighted by atomic mass is 19.4. The summed E-state index contributed by atoms with van der Waals surface area (Å²) in [5.41, 5.74) is 0. The summed E-state index contributed by atoms with van der Waals surface area (Å²) >= 11 is 0. The quantitative estimate of drug-likeness (QED) is 0.559. The molecule has 0 bridgehead atoms. The fraction of sp³-hybridized carbons (Fsp3) is 0.800. The lowest BCUT2D eigenvalue weighted by Crippen LogP contribution is -2.40. The number of carbonyl (C=O) groups is 1. The van der Waals surface area contributed by atoms with Crippen LogP contribution in [-0.2, 0) is 4.79 Å². The van der Waals surface area contributed by atoms with Crippen LogP contribution in [0.5, 0.6) is 0 Å². The normalized spacial score (nSPS) is 14.3. The van der Waals surface area contributed by atoms with E-state index in [1.54, 1.807) is 0 Å². The molecule has 72 valence electrons. The molecule has 0 saturated heterocycles. The number of rotatable bonds is 4. The van der Waals surface area contributed by atoms with Gasteiger partial charge in [-0.05, 0) is 0 Å². The molecule has 0 amide bonds. The first kappa shape index (κ1) is 11.2. The summed E-state index contributed by atoms with van der Waals surface area (Å²) in [6.07, 6.45) is -7.22. The molecule has 7 heteroatoms. The Morgan fingerprint density at radius 1 is 1.50 bits per heavy atom. The lowest BCUT2D eigenvalue weighted by atomic mass is 10.3. The first-order chi connectivity index (χ1) is 5.34. The first-order valence-corrected chi connectivity index (χ1v) is 3.01. The molecule has 0 rings (SSSR count). The molecule has 0 aliphatic heterocycles. The Bertz CT molecular complexity index is 159. The van der Waals surface area contributed by atoms with Crippen molar-refractivity contribution in [3.05, 3.63) is 0 Å². The van der Waals surface area contributed by atoms with Crippen molar-refractivity contribution in [2.24, 2.45) is 0 Å². The number of nitrogens with one attached hydrogen (secondary N) is 1. The zero-order valence-corrected chi connectivity index (χ0v) is 5.93. The van der Waals surface area contributed by atoms with Crippen molar-refractivity contribution in [1.82, 2.24) is 5.32 Å². The molecule has 4 nitrogen and oxygen atoms in total. The van der Waals surface area contributed by atoms with Crippen molar-refractivity contribution >= 4 is 5.97 Å². The van der Waals surface area contributed by atoms with Gasteiger partial charge >= 0.3 is 12.1 Å². The maximum atomic E-state index is 11.5. The highest BCUT2D eigenvalue weighted by Crippen LogP contribution is 2.18. The fourth-order valence-electron chi connectivity index (χ4n) is 0.432. The first-order valence-electron chi connectivity index (χ1n) is 3.01. The average Bonchev–Trinajstić information content (AvgIpc) is 1.84. The third-order valence-corrected chi connectivity index (χ3v) is 0.992. The van der Waals surface area contributed by atoms with Crippen LogP contribution in [-0.4, -0.2) is 41.6 Å². The van der Waals surface area contributed by atoms with E-state index in [1.807, 2.05) is 5.32 Å². The van der Waals surface area contributed by atoms with Gasteiger partial charge in [-0.3, -0.25) is 4.79 Å². The molecule has 0 aliphatic carbocycles. The summed E-state index contributed by atoms with van der Waals surface area (Å²) in [6, 6.07) is 0. The molecule has 1 unspecified atom stereocenters. The van der Waals surface area contributed by atoms with Crippen LogP contribution in [0.2, 0.25) is 0 Å². The van der Waals surface area contributed by atoms with E-state index in [9.17, 15) is 18.0 Å². The summed E-state index contributed by atoms with van der Waals surface area (Å²) in [5, 5.41) is 18.2. The Labute approximate surface area is 66.0 Å². The Hall–Kier alpha value is -0.820. The number of halogens is 3. The van der Waals surface area contributed by atoms with Crippen molar-refractivity contribution in [2.45, 2.75) is 12.3 Å². The third kappa shape index (κ3) is 4.91. The second-order valence-electron chi connectivity index (χ2n) is 2.08. The van der Waals surface area contributed by atoms with Gasteiger partial charge in [-0.2, -0.15) is 13.2 Å². The van der Waals surface area contributed by atoms with Crippen LogP contribution < -0.4 is 5.32 Å². The van der Waals surface area contributed by atoms with E-state index >= 15 is 0 Å². The van der Waals surface area contributed by atoms with E-state index in [1.165, 1.54) is 0 Å². The zero-order valence-electron chi connectivity index (χ0n) is 5.93. The number of hydrogen-bond donors (Lipinski definition) is 3. The van der Waals surface area contributed by atoms with Crippen LogP contribution >= 0.6 is 0 Å². The van der Waals surface area contributed by atoms with Crippen molar-refractivity contribution in [3.63, 3.8) is 0 Å². The molecule has 0 aromatic rings. The number of carboxylic acid groups (broad SMARTS) is 1. The average molecular weight is 187 g/mol. The van der Waals surface area contributed by atoms with Crippen LogP contribution in [0.4, 0.5) is 13.2 Å². The maximum absolute atomic E-state index is 11.5. The van der Waals surface area contributed by atoms with E-state index in [4.69, 9.17) is 10.2 Å². The van der Waals surface area contributed by atoms with Gasteiger partial charge in [0.1, 0.15) is 0 Å². The molecule has 0 fully saturated rings. The van der Waals surface area contributed by atoms with Gasteiger partial charge < -0.3 is 15.5 Å². The molecule has 3 N–H and O–H groups in total. The smallest absolute Gasteiger partial charge is 0.415 e. The minimum absolute atomic E-state index is 0.604. The number of carboxylic acids is 1. The Kier molecular flexibility index (Phi) is 3.98. The van der Waals surface area contributed by atoms with E-state index in [0.717, 1.165) is 0 Å². The molecule has 0 spiro atoms. The summed E-state index contributed by atoms with van der Waals surface area (Å²) in [5.74, 6) is -1.27. The van der Waals surface area contributed by atoms with Gasteiger partial charge in [-0.15, -0.1) is 0 Å². The van der Waals surface area contributed by atoms with Crippen molar-refractivity contribution < 1.29 is 28.2 Å². The van der Waals surface area contributed by atoms with Crippen molar-refractivity contribution in [3.8, 4) is 0 Å². The fourth-order valence-corrected chi connectivity index (χ4v) is 0.432. The molecule has 0 aromatic heterocycles. The molecule has 1 atom stereocenters. The number of alkyl halides is 3. The van der Waals surface area contributed by atoms with E-state index in [-0.39, 0.29) is 0 Å². The Balaban J connectivity index is 3.58. The van der Waals surface area contributed by atoms with Crippen LogP contribution in [0, 0.1) is 0 Å². The van der Waals surface area contributed by atoms with Gasteiger partial charge in [0.2, 0.25) is 0 Å². The molecule has 12 heavy (non-hydrogen) atoms. The summed E-state index contributed by atoms with van der Waals surface area (Å²) in [7, 11) is 0. The van der Waals surface area contributed by atoms with Crippen LogP contribution in [0.1, 0.15) is 0 Å². The largest absolute Gasteiger partial charge is 0.480 e. The summed E-state index contributed by atoms with van der Waals surface area (Å²) in [6.45, 7) is -1.41. The molecular weight excluding hydrogens is 179 g/mol. The maximum Gasteiger partial charge on any atom is 0.415 e. The number of hydrogen-bond acceptors (Lipinski definition) is 3. The Morgan fingerprint density at radius 2 is 2.00 bits per heavy atom. The molecule has 0 aromatic carbocycles. The number of aliphatic hydroxyl groups excluding tert-OH is 1. The monoisotopic (exact) mass is 187 g/mol. The number of aliphatic hydroxyl groups is 1. The summed E-state index contributed by atoms with van der Waals surface area (Å²) < 4.78 is 34.6. The lowest BCUT2D eigenvalue weighted by molar-refractivity contribution is -0.202. The molecule has 0 heterocycles. The van der Waals surface area contributed by atoms with Crippen molar-refractivity contribution in [1.29, 1.82) is 0 Å². The standard InChI is InChI=1S/C5H8F3NO3/c6-5(7,8)3(10)1-9-2-4(11)12/h3,9-10H,1-2H2,(H,11,12). The second kappa shape index (κ2) is 4.27. The minimum atomic E-state index is -4.70. The highest BCUT2D eigenvalue weighted by Gasteiger charge is 2.37. The van der Waals surface area contributed by atoms with Gasteiger partial charge in [0.05, 0.1) is 6.54 Å². The van der Waals surface area contributed by atoms with Gasteiger partial charge in [0.25, 0.3) is 0 Å². The van der Waals surface area contributed by atoms with E-state index < -0.39 is 31.3 Å². The van der Waals surface area contributed by atoms with E-state index in [2.05, 4.69) is 0 Å². The summed E-state index contributed by atoms with van der Waals surface area (Å²) in [4.78, 5) is 9.81. The van der Waals surface area contributed by atoms with Crippen LogP contribution in [0.15, 0.2) is 0 Å². The highest BCUT2D eigenvalue weighted by molar-refractivity contribution is 5.68. The van der Waals surface area contributed by atoms with Gasteiger partial charge in [0, 0.05) is 6.54 Å². The van der Waals surface area contributed by atoms with Crippen LogP contribution in [0.3, 0.4) is 0 Å². The van der Waals surface area contributed by atoms with Gasteiger partial charge in [-0.1, -0.05) is 0 Å². The minimum Gasteiger partial charge on any atom is -0.480 e. The predicted molar refractivity (Wildman–Crippen MR) is 32.6 cm³/mol. The van der Waals surface area contributed by atoms with Crippen molar-refractivity contribution in [2.75, 3.05) is 13.1 Å². The Morgan fingerprint density at radius 3 is 2.33 bits per heavy atom. The zero-order chi connectivity index (χ0) is 9.78. The van der Waals surface area contributed by atoms with E-state index in [0.29, 0.717) is 0 Å². The lowest BCUT2D eigenvalue weighted by Gasteiger charge is -2.13. The molecular formula is C5H8F3NO3. The number of aliphatic carboxylic acids is 1. The predicted octanol–water partition coefficient (Wildman–Crippen LogP) is -0.416. The topological polar surface area (TPSA) is 69.6 Å². The second-order valence-corrected chi connectivity index (χ2v) is 2.08. The van der Waals surface area contributed by atoms with Gasteiger partial charge in [0.15, 0.2) is 6.10 Å². The van der Waals surface area contributed by atoms with Gasteiger partial charge in [-0.25, -0.2) is 0 Å². The third-order valence-electron chi connectivity index (χ3n) is 0.992. The molecule has 0 radical (unpaired) electrons. The van der Waals surface area contributed by atoms with Crippen LogP contribution in [0.25, 0.3) is 0 Å². The SMILES string of the molecule is O=C(O)CNCC(O)C(F)(F)F.